The Labute approximate surface area is 135 Å². The van der Waals surface area contributed by atoms with Crippen LogP contribution in [-0.2, 0) is 4.79 Å². The molecule has 4 aliphatic carbocycles. The third-order valence-corrected chi connectivity index (χ3v) is 8.70. The highest BCUT2D eigenvalue weighted by atomic mass is 16.1. The van der Waals surface area contributed by atoms with Crippen molar-refractivity contribution in [2.75, 3.05) is 0 Å². The number of carbonyl (C=O) groups excluding carboxylic acids is 1. The molecule has 22 heavy (non-hydrogen) atoms. The molecule has 0 radical (unpaired) electrons. The van der Waals surface area contributed by atoms with E-state index in [0.29, 0.717) is 22.5 Å². The summed E-state index contributed by atoms with van der Waals surface area (Å²) < 4.78 is 0. The molecular formula is C21H32O. The fourth-order valence-electron chi connectivity index (χ4n) is 7.51. The lowest BCUT2D eigenvalue weighted by Gasteiger charge is -2.59. The minimum Gasteiger partial charge on any atom is -0.300 e. The summed E-state index contributed by atoms with van der Waals surface area (Å²) in [5.41, 5.74) is 0.869. The zero-order valence-electron chi connectivity index (χ0n) is 14.6. The Bertz CT molecular complexity index is 506. The Morgan fingerprint density at radius 2 is 1.73 bits per heavy atom. The zero-order valence-corrected chi connectivity index (χ0v) is 14.6. The number of ketones is 1. The molecule has 0 aromatic carbocycles. The summed E-state index contributed by atoms with van der Waals surface area (Å²) in [6, 6.07) is 0. The fraction of sp³-hybridized carbons (Fsp3) is 0.857. The van der Waals surface area contributed by atoms with Crippen LogP contribution in [0.3, 0.4) is 0 Å². The van der Waals surface area contributed by atoms with Crippen LogP contribution in [0.4, 0.5) is 0 Å². The zero-order chi connectivity index (χ0) is 15.5. The minimum atomic E-state index is 0.320. The first-order chi connectivity index (χ1) is 10.5. The third-order valence-electron chi connectivity index (χ3n) is 8.70. The molecule has 4 rings (SSSR count). The van der Waals surface area contributed by atoms with Crippen LogP contribution in [0, 0.1) is 40.4 Å². The van der Waals surface area contributed by atoms with E-state index < -0.39 is 0 Å². The molecule has 0 heterocycles. The average molecular weight is 300 g/mol. The normalized spacial score (nSPS) is 53.5. The number of Topliss-reactive ketones (excluding diaryl/α,β-unsaturated/α-hetero) is 1. The Morgan fingerprint density at radius 3 is 2.50 bits per heavy atom. The van der Waals surface area contributed by atoms with Crippen LogP contribution in [0.2, 0.25) is 0 Å². The van der Waals surface area contributed by atoms with E-state index in [1.807, 2.05) is 6.92 Å². The summed E-state index contributed by atoms with van der Waals surface area (Å²) in [4.78, 5) is 12.1. The van der Waals surface area contributed by atoms with Crippen molar-refractivity contribution in [3.8, 4) is 0 Å². The molecule has 3 fully saturated rings. The van der Waals surface area contributed by atoms with Gasteiger partial charge in [0.1, 0.15) is 5.78 Å². The van der Waals surface area contributed by atoms with Crippen LogP contribution in [0.15, 0.2) is 12.2 Å². The van der Waals surface area contributed by atoms with Crippen LogP contribution in [0.25, 0.3) is 0 Å². The van der Waals surface area contributed by atoms with Gasteiger partial charge in [0.2, 0.25) is 0 Å². The van der Waals surface area contributed by atoms with E-state index in [9.17, 15) is 4.79 Å². The second kappa shape index (κ2) is 4.95. The molecule has 0 saturated heterocycles. The van der Waals surface area contributed by atoms with E-state index in [2.05, 4.69) is 26.0 Å². The molecule has 7 atom stereocenters. The maximum absolute atomic E-state index is 12.1. The molecule has 0 spiro atoms. The highest BCUT2D eigenvalue weighted by molar-refractivity contribution is 5.79. The lowest BCUT2D eigenvalue weighted by Crippen LogP contribution is -2.52. The molecule has 1 nitrogen and oxygen atoms in total. The number of carbonyl (C=O) groups is 1. The Balaban J connectivity index is 1.65. The van der Waals surface area contributed by atoms with E-state index in [1.165, 1.54) is 51.4 Å². The van der Waals surface area contributed by atoms with Gasteiger partial charge in [-0.1, -0.05) is 26.0 Å². The van der Waals surface area contributed by atoms with Crippen LogP contribution in [0.1, 0.15) is 72.1 Å². The first-order valence-corrected chi connectivity index (χ1v) is 9.62. The SMILES string of the molecule is CC(=O)[C@H]1CC[C@H]2[C@@H]3CCC4CC=CC[C@]4(C)[C@H]3CC[C@]12C. The van der Waals surface area contributed by atoms with E-state index >= 15 is 0 Å². The van der Waals surface area contributed by atoms with Crippen LogP contribution in [-0.4, -0.2) is 5.78 Å². The lowest BCUT2D eigenvalue weighted by molar-refractivity contribution is -0.131. The molecule has 3 saturated carbocycles. The second-order valence-corrected chi connectivity index (χ2v) is 9.35. The van der Waals surface area contributed by atoms with E-state index in [4.69, 9.17) is 0 Å². The van der Waals surface area contributed by atoms with Crippen molar-refractivity contribution >= 4 is 5.78 Å². The highest BCUT2D eigenvalue weighted by Gasteiger charge is 2.59. The lowest BCUT2D eigenvalue weighted by atomic mass is 9.45. The maximum Gasteiger partial charge on any atom is 0.133 e. The van der Waals surface area contributed by atoms with Crippen LogP contribution in [0.5, 0.6) is 0 Å². The van der Waals surface area contributed by atoms with Gasteiger partial charge in [-0.15, -0.1) is 0 Å². The predicted molar refractivity (Wildman–Crippen MR) is 90.4 cm³/mol. The van der Waals surface area contributed by atoms with Crippen molar-refractivity contribution in [2.45, 2.75) is 72.1 Å². The average Bonchev–Trinajstić information content (AvgIpc) is 2.84. The van der Waals surface area contributed by atoms with Gasteiger partial charge < -0.3 is 0 Å². The van der Waals surface area contributed by atoms with Gasteiger partial charge in [-0.05, 0) is 92.8 Å². The number of allylic oxidation sites excluding steroid dienone is 2. The quantitative estimate of drug-likeness (QED) is 0.592. The topological polar surface area (TPSA) is 17.1 Å². The van der Waals surface area contributed by atoms with E-state index in [-0.39, 0.29) is 0 Å². The van der Waals surface area contributed by atoms with Gasteiger partial charge in [0.15, 0.2) is 0 Å². The summed E-state index contributed by atoms with van der Waals surface area (Å²) in [6.07, 6.45) is 15.5. The van der Waals surface area contributed by atoms with Gasteiger partial charge in [-0.2, -0.15) is 0 Å². The van der Waals surface area contributed by atoms with Crippen molar-refractivity contribution in [3.05, 3.63) is 12.2 Å². The second-order valence-electron chi connectivity index (χ2n) is 9.35. The molecule has 0 aromatic rings. The van der Waals surface area contributed by atoms with Crippen molar-refractivity contribution in [1.29, 1.82) is 0 Å². The number of fused-ring (bicyclic) bond motifs is 5. The molecule has 4 aliphatic rings. The van der Waals surface area contributed by atoms with Gasteiger partial charge in [-0.3, -0.25) is 4.79 Å². The molecule has 0 N–H and O–H groups in total. The van der Waals surface area contributed by atoms with E-state index in [0.717, 1.165) is 23.7 Å². The summed E-state index contributed by atoms with van der Waals surface area (Å²) >= 11 is 0. The fourth-order valence-corrected chi connectivity index (χ4v) is 7.51. The summed E-state index contributed by atoms with van der Waals surface area (Å²) in [5, 5.41) is 0. The molecule has 1 heteroatoms. The smallest absolute Gasteiger partial charge is 0.133 e. The molecule has 0 bridgehead atoms. The molecule has 1 unspecified atom stereocenters. The van der Waals surface area contributed by atoms with Crippen LogP contribution < -0.4 is 0 Å². The molecule has 0 aromatic heterocycles. The third kappa shape index (κ3) is 1.86. The standard InChI is InChI=1S/C21H32O/c1-14(22)17-9-10-18-16-8-7-15-6-4-5-12-20(15,2)19(16)11-13-21(17,18)3/h4-5,15-19H,6-13H2,1-3H3/t15?,16-,17+,18-,19-,20-,21+/m0/s1. The van der Waals surface area contributed by atoms with Crippen molar-refractivity contribution in [2.24, 2.45) is 40.4 Å². The van der Waals surface area contributed by atoms with Gasteiger partial charge in [0.05, 0.1) is 0 Å². The number of rotatable bonds is 1. The van der Waals surface area contributed by atoms with Crippen molar-refractivity contribution in [3.63, 3.8) is 0 Å². The Morgan fingerprint density at radius 1 is 0.955 bits per heavy atom. The van der Waals surface area contributed by atoms with Gasteiger partial charge >= 0.3 is 0 Å². The van der Waals surface area contributed by atoms with Gasteiger partial charge in [-0.25, -0.2) is 0 Å². The van der Waals surface area contributed by atoms with Crippen molar-refractivity contribution in [1.82, 2.24) is 0 Å². The predicted octanol–water partition coefficient (Wildman–Crippen LogP) is 5.40. The Hall–Kier alpha value is -0.590. The van der Waals surface area contributed by atoms with Gasteiger partial charge in [0.25, 0.3) is 0 Å². The summed E-state index contributed by atoms with van der Waals surface area (Å²) in [6.45, 7) is 6.90. The maximum atomic E-state index is 12.1. The minimum absolute atomic E-state index is 0.320. The molecule has 0 aliphatic heterocycles. The summed E-state index contributed by atoms with van der Waals surface area (Å²) in [7, 11) is 0. The molecular weight excluding hydrogens is 268 g/mol. The number of hydrogen-bond donors (Lipinski definition) is 0. The van der Waals surface area contributed by atoms with Crippen molar-refractivity contribution < 1.29 is 4.79 Å². The summed E-state index contributed by atoms with van der Waals surface area (Å²) in [5.74, 6) is 4.38. The molecule has 0 amide bonds. The van der Waals surface area contributed by atoms with Crippen LogP contribution >= 0.6 is 0 Å². The monoisotopic (exact) mass is 300 g/mol. The molecule has 122 valence electrons. The van der Waals surface area contributed by atoms with E-state index in [1.54, 1.807) is 0 Å². The first kappa shape index (κ1) is 15.0. The highest BCUT2D eigenvalue weighted by Crippen LogP contribution is 2.66. The first-order valence-electron chi connectivity index (χ1n) is 9.62. The largest absolute Gasteiger partial charge is 0.300 e. The number of hydrogen-bond acceptors (Lipinski definition) is 1. The van der Waals surface area contributed by atoms with Gasteiger partial charge in [0, 0.05) is 5.92 Å². The Kier molecular flexibility index (Phi) is 3.37.